The molecule has 0 saturated heterocycles. The predicted octanol–water partition coefficient (Wildman–Crippen LogP) is 4.25. The van der Waals surface area contributed by atoms with Crippen LogP contribution in [-0.2, 0) is 0 Å². The van der Waals surface area contributed by atoms with Crippen LogP contribution >= 0.6 is 15.9 Å². The third-order valence-corrected chi connectivity index (χ3v) is 4.11. The van der Waals surface area contributed by atoms with Crippen LogP contribution in [0.4, 0.5) is 8.78 Å². The average molecular weight is 340 g/mol. The predicted molar refractivity (Wildman–Crippen MR) is 75.4 cm³/mol. The second-order valence-electron chi connectivity index (χ2n) is 4.80. The van der Waals surface area contributed by atoms with E-state index >= 15 is 0 Å². The Hall–Kier alpha value is -1.46. The molecule has 0 aromatic heterocycles. The Morgan fingerprint density at radius 2 is 1.70 bits per heavy atom. The van der Waals surface area contributed by atoms with Gasteiger partial charge in [-0.05, 0) is 18.2 Å². The van der Waals surface area contributed by atoms with Crippen molar-refractivity contribution in [2.24, 2.45) is 5.73 Å². The summed E-state index contributed by atoms with van der Waals surface area (Å²) in [7, 11) is 0. The average Bonchev–Trinajstić information content (AvgIpc) is 2.37. The minimum Gasteiger partial charge on any atom is -0.485 e. The molecule has 0 bridgehead atoms. The molecular weight excluding hydrogens is 328 g/mol. The van der Waals surface area contributed by atoms with E-state index in [9.17, 15) is 8.78 Å². The molecule has 0 radical (unpaired) electrons. The summed E-state index contributed by atoms with van der Waals surface area (Å²) in [6, 6.07) is 8.52. The molecule has 20 heavy (non-hydrogen) atoms. The first kappa shape index (κ1) is 13.5. The third-order valence-electron chi connectivity index (χ3n) is 3.42. The summed E-state index contributed by atoms with van der Waals surface area (Å²) in [6.07, 6.45) is 0.234. The van der Waals surface area contributed by atoms with Crippen LogP contribution in [0.3, 0.4) is 0 Å². The highest BCUT2D eigenvalue weighted by molar-refractivity contribution is 9.10. The smallest absolute Gasteiger partial charge is 0.127 e. The van der Waals surface area contributed by atoms with Crippen molar-refractivity contribution in [1.82, 2.24) is 0 Å². The Balaban J connectivity index is 1.98. The number of hydrogen-bond acceptors (Lipinski definition) is 2. The lowest BCUT2D eigenvalue weighted by molar-refractivity contribution is 0.160. The Bertz CT molecular complexity index is 662. The molecule has 1 aliphatic heterocycles. The van der Waals surface area contributed by atoms with Gasteiger partial charge in [0.2, 0.25) is 0 Å². The largest absolute Gasteiger partial charge is 0.485 e. The SMILES string of the molecule is N[C@H]1CC(c2ccc(F)cc2Br)Oc2cc(F)ccc21. The first-order valence-corrected chi connectivity index (χ1v) is 7.00. The Labute approximate surface area is 123 Å². The Kier molecular flexibility index (Phi) is 3.48. The maximum absolute atomic E-state index is 13.3. The summed E-state index contributed by atoms with van der Waals surface area (Å²) in [5.41, 5.74) is 7.71. The van der Waals surface area contributed by atoms with Crippen LogP contribution in [0.5, 0.6) is 5.75 Å². The molecule has 2 atom stereocenters. The maximum Gasteiger partial charge on any atom is 0.127 e. The topological polar surface area (TPSA) is 35.2 Å². The van der Waals surface area contributed by atoms with Gasteiger partial charge in [0, 0.05) is 34.1 Å². The molecule has 0 amide bonds. The van der Waals surface area contributed by atoms with Gasteiger partial charge in [-0.25, -0.2) is 8.78 Å². The van der Waals surface area contributed by atoms with E-state index in [0.29, 0.717) is 16.6 Å². The van der Waals surface area contributed by atoms with E-state index in [2.05, 4.69) is 15.9 Å². The zero-order valence-electron chi connectivity index (χ0n) is 10.4. The number of rotatable bonds is 1. The van der Waals surface area contributed by atoms with E-state index in [0.717, 1.165) is 11.1 Å². The molecular formula is C15H12BrF2NO. The van der Waals surface area contributed by atoms with E-state index in [-0.39, 0.29) is 23.8 Å². The van der Waals surface area contributed by atoms with Crippen molar-refractivity contribution < 1.29 is 13.5 Å². The summed E-state index contributed by atoms with van der Waals surface area (Å²) in [5.74, 6) is -0.244. The van der Waals surface area contributed by atoms with E-state index in [1.54, 1.807) is 12.1 Å². The molecule has 2 N–H and O–H groups in total. The summed E-state index contributed by atoms with van der Waals surface area (Å²) >= 11 is 3.32. The normalized spacial score (nSPS) is 21.2. The minimum absolute atomic E-state index is 0.235. The quantitative estimate of drug-likeness (QED) is 0.842. The first-order chi connectivity index (χ1) is 9.54. The highest BCUT2D eigenvalue weighted by Crippen LogP contribution is 2.41. The summed E-state index contributed by atoms with van der Waals surface area (Å²) in [6.45, 7) is 0. The first-order valence-electron chi connectivity index (χ1n) is 6.21. The van der Waals surface area contributed by atoms with Crippen molar-refractivity contribution in [3.05, 3.63) is 63.6 Å². The van der Waals surface area contributed by atoms with Gasteiger partial charge in [0.25, 0.3) is 0 Å². The summed E-state index contributed by atoms with van der Waals surface area (Å²) < 4.78 is 32.9. The van der Waals surface area contributed by atoms with E-state index < -0.39 is 0 Å². The van der Waals surface area contributed by atoms with Crippen LogP contribution in [0.25, 0.3) is 0 Å². The Morgan fingerprint density at radius 3 is 2.40 bits per heavy atom. The van der Waals surface area contributed by atoms with Crippen LogP contribution in [0.1, 0.15) is 29.7 Å². The monoisotopic (exact) mass is 339 g/mol. The second-order valence-corrected chi connectivity index (χ2v) is 5.65. The van der Waals surface area contributed by atoms with Crippen LogP contribution in [-0.4, -0.2) is 0 Å². The number of ether oxygens (including phenoxy) is 1. The second kappa shape index (κ2) is 5.14. The molecule has 5 heteroatoms. The number of fused-ring (bicyclic) bond motifs is 1. The summed E-state index contributed by atoms with van der Waals surface area (Å²) in [4.78, 5) is 0. The van der Waals surface area contributed by atoms with Crippen LogP contribution in [0, 0.1) is 11.6 Å². The molecule has 1 unspecified atom stereocenters. The fourth-order valence-corrected chi connectivity index (χ4v) is 3.03. The third kappa shape index (κ3) is 2.43. The fourth-order valence-electron chi connectivity index (χ4n) is 2.43. The maximum atomic E-state index is 13.3. The van der Waals surface area contributed by atoms with E-state index in [1.807, 2.05) is 0 Å². The highest BCUT2D eigenvalue weighted by Gasteiger charge is 2.28. The molecule has 2 nitrogen and oxygen atoms in total. The van der Waals surface area contributed by atoms with Crippen molar-refractivity contribution >= 4 is 15.9 Å². The van der Waals surface area contributed by atoms with Gasteiger partial charge < -0.3 is 10.5 Å². The Morgan fingerprint density at radius 1 is 1.05 bits per heavy atom. The van der Waals surface area contributed by atoms with Gasteiger partial charge in [0.1, 0.15) is 23.5 Å². The zero-order valence-corrected chi connectivity index (χ0v) is 12.0. The van der Waals surface area contributed by atoms with Crippen LogP contribution < -0.4 is 10.5 Å². The molecule has 1 aliphatic rings. The molecule has 3 rings (SSSR count). The molecule has 0 fully saturated rings. The molecule has 2 aromatic carbocycles. The minimum atomic E-state index is -0.366. The number of halogens is 3. The standard InChI is InChI=1S/C15H12BrF2NO/c16-12-5-8(17)1-3-10(12)15-7-13(19)11-4-2-9(18)6-14(11)20-15/h1-6,13,15H,7,19H2/t13-,15?/m0/s1. The van der Waals surface area contributed by atoms with Crippen LogP contribution in [0.15, 0.2) is 40.9 Å². The van der Waals surface area contributed by atoms with Crippen molar-refractivity contribution in [3.63, 3.8) is 0 Å². The van der Waals surface area contributed by atoms with Crippen LogP contribution in [0.2, 0.25) is 0 Å². The van der Waals surface area contributed by atoms with Gasteiger partial charge in [0.05, 0.1) is 0 Å². The lowest BCUT2D eigenvalue weighted by Gasteiger charge is -2.31. The lowest BCUT2D eigenvalue weighted by atomic mass is 9.93. The van der Waals surface area contributed by atoms with Crippen molar-refractivity contribution in [3.8, 4) is 5.75 Å². The van der Waals surface area contributed by atoms with Gasteiger partial charge in [-0.15, -0.1) is 0 Å². The molecule has 2 aromatic rings. The molecule has 0 aliphatic carbocycles. The van der Waals surface area contributed by atoms with Gasteiger partial charge in [0.15, 0.2) is 0 Å². The highest BCUT2D eigenvalue weighted by atomic mass is 79.9. The number of hydrogen-bond donors (Lipinski definition) is 1. The summed E-state index contributed by atoms with van der Waals surface area (Å²) in [5, 5.41) is 0. The van der Waals surface area contributed by atoms with E-state index in [1.165, 1.54) is 24.3 Å². The lowest BCUT2D eigenvalue weighted by Crippen LogP contribution is -2.24. The van der Waals surface area contributed by atoms with Gasteiger partial charge in [-0.2, -0.15) is 0 Å². The number of benzene rings is 2. The molecule has 0 spiro atoms. The van der Waals surface area contributed by atoms with Crippen molar-refractivity contribution in [1.29, 1.82) is 0 Å². The van der Waals surface area contributed by atoms with Crippen molar-refractivity contribution in [2.45, 2.75) is 18.6 Å². The molecule has 1 heterocycles. The van der Waals surface area contributed by atoms with Crippen molar-refractivity contribution in [2.75, 3.05) is 0 Å². The van der Waals surface area contributed by atoms with E-state index in [4.69, 9.17) is 10.5 Å². The van der Waals surface area contributed by atoms with Gasteiger partial charge in [-0.3, -0.25) is 0 Å². The molecule has 0 saturated carbocycles. The fraction of sp³-hybridized carbons (Fsp3) is 0.200. The molecule has 104 valence electrons. The van der Waals surface area contributed by atoms with Gasteiger partial charge in [-0.1, -0.05) is 28.1 Å². The zero-order chi connectivity index (χ0) is 14.3. The number of nitrogens with two attached hydrogens (primary N) is 1. The van der Waals surface area contributed by atoms with Gasteiger partial charge >= 0.3 is 0 Å².